The lowest BCUT2D eigenvalue weighted by Gasteiger charge is -2.23. The fourth-order valence-electron chi connectivity index (χ4n) is 2.23. The molecule has 0 atom stereocenters. The van der Waals surface area contributed by atoms with E-state index in [0.29, 0.717) is 6.04 Å². The lowest BCUT2D eigenvalue weighted by Crippen LogP contribution is -2.39. The molecule has 0 spiro atoms. The maximum atomic E-state index is 11.6. The molecule has 1 amide bonds. The van der Waals surface area contributed by atoms with Crippen molar-refractivity contribution < 1.29 is 9.53 Å². The van der Waals surface area contributed by atoms with Gasteiger partial charge in [0.2, 0.25) is 5.91 Å². The van der Waals surface area contributed by atoms with Gasteiger partial charge in [0.25, 0.3) is 0 Å². The first kappa shape index (κ1) is 13.5. The smallest absolute Gasteiger partial charge is 0.246 e. The van der Waals surface area contributed by atoms with E-state index in [1.807, 2.05) is 0 Å². The molecule has 16 heavy (non-hydrogen) atoms. The Hall–Kier alpha value is -0.570. The van der Waals surface area contributed by atoms with Gasteiger partial charge in [0.05, 0.1) is 6.10 Å². The minimum Gasteiger partial charge on any atom is -0.368 e. The van der Waals surface area contributed by atoms with Crippen LogP contribution < -0.4 is 5.32 Å². The summed E-state index contributed by atoms with van der Waals surface area (Å²) in [5.41, 5.74) is 0. The van der Waals surface area contributed by atoms with Crippen LogP contribution >= 0.6 is 0 Å². The van der Waals surface area contributed by atoms with Crippen LogP contribution in [0.2, 0.25) is 0 Å². The third-order valence-corrected chi connectivity index (χ3v) is 3.33. The van der Waals surface area contributed by atoms with E-state index in [1.165, 1.54) is 19.3 Å². The molecule has 0 unspecified atom stereocenters. The number of ether oxygens (including phenoxy) is 1. The number of amides is 1. The van der Waals surface area contributed by atoms with E-state index in [2.05, 4.69) is 19.2 Å². The van der Waals surface area contributed by atoms with Gasteiger partial charge in [-0.2, -0.15) is 0 Å². The van der Waals surface area contributed by atoms with Gasteiger partial charge in [0.15, 0.2) is 0 Å². The zero-order valence-corrected chi connectivity index (χ0v) is 10.6. The van der Waals surface area contributed by atoms with Gasteiger partial charge >= 0.3 is 0 Å². The zero-order chi connectivity index (χ0) is 11.8. The van der Waals surface area contributed by atoms with Crippen molar-refractivity contribution >= 4 is 5.91 Å². The van der Waals surface area contributed by atoms with E-state index in [9.17, 15) is 4.79 Å². The van der Waals surface area contributed by atoms with E-state index >= 15 is 0 Å². The molecule has 1 rings (SSSR count). The fourth-order valence-corrected chi connectivity index (χ4v) is 2.23. The molecule has 1 fully saturated rings. The van der Waals surface area contributed by atoms with Crippen LogP contribution in [0.25, 0.3) is 0 Å². The minimum absolute atomic E-state index is 0.0544. The van der Waals surface area contributed by atoms with Gasteiger partial charge in [0, 0.05) is 6.04 Å². The molecule has 3 nitrogen and oxygen atoms in total. The molecule has 0 bridgehead atoms. The van der Waals surface area contributed by atoms with Gasteiger partial charge in [-0.15, -0.1) is 0 Å². The first-order chi connectivity index (χ1) is 7.76. The maximum Gasteiger partial charge on any atom is 0.246 e. The number of hydrogen-bond donors (Lipinski definition) is 1. The van der Waals surface area contributed by atoms with E-state index in [1.54, 1.807) is 0 Å². The molecule has 0 heterocycles. The lowest BCUT2D eigenvalue weighted by molar-refractivity contribution is -0.128. The summed E-state index contributed by atoms with van der Waals surface area (Å²) in [6, 6.07) is 0.395. The Labute approximate surface area is 98.9 Å². The largest absolute Gasteiger partial charge is 0.368 e. The highest BCUT2D eigenvalue weighted by Gasteiger charge is 2.16. The average molecular weight is 227 g/mol. The highest BCUT2D eigenvalue weighted by molar-refractivity contribution is 5.77. The van der Waals surface area contributed by atoms with Crippen molar-refractivity contribution in [2.75, 3.05) is 6.61 Å². The Bertz CT molecular complexity index is 196. The average Bonchev–Trinajstić information content (AvgIpc) is 2.31. The first-order valence-corrected chi connectivity index (χ1v) is 6.67. The van der Waals surface area contributed by atoms with Crippen molar-refractivity contribution in [2.24, 2.45) is 0 Å². The van der Waals surface area contributed by atoms with Gasteiger partial charge in [-0.1, -0.05) is 33.1 Å². The van der Waals surface area contributed by atoms with E-state index < -0.39 is 0 Å². The lowest BCUT2D eigenvalue weighted by atomic mass is 9.95. The molecule has 1 aliphatic carbocycles. The quantitative estimate of drug-likeness (QED) is 0.757. The van der Waals surface area contributed by atoms with Crippen molar-refractivity contribution in [1.29, 1.82) is 0 Å². The zero-order valence-electron chi connectivity index (χ0n) is 10.6. The van der Waals surface area contributed by atoms with Crippen molar-refractivity contribution in [2.45, 2.75) is 70.9 Å². The predicted octanol–water partition coefficient (Wildman–Crippen LogP) is 2.64. The van der Waals surface area contributed by atoms with Crippen LogP contribution in [0, 0.1) is 0 Å². The number of rotatable bonds is 6. The molecule has 1 aliphatic rings. The Morgan fingerprint density at radius 1 is 1.25 bits per heavy atom. The molecule has 0 aliphatic heterocycles. The van der Waals surface area contributed by atoms with Gasteiger partial charge < -0.3 is 10.1 Å². The second-order valence-electron chi connectivity index (χ2n) is 4.65. The van der Waals surface area contributed by atoms with Crippen molar-refractivity contribution in [3.8, 4) is 0 Å². The van der Waals surface area contributed by atoms with Crippen molar-refractivity contribution in [3.63, 3.8) is 0 Å². The summed E-state index contributed by atoms with van der Waals surface area (Å²) >= 11 is 0. The van der Waals surface area contributed by atoms with Crippen molar-refractivity contribution in [1.82, 2.24) is 5.32 Å². The summed E-state index contributed by atoms with van der Waals surface area (Å²) in [6.07, 6.45) is 8.28. The summed E-state index contributed by atoms with van der Waals surface area (Å²) in [5, 5.41) is 3.06. The van der Waals surface area contributed by atoms with Crippen molar-refractivity contribution in [3.05, 3.63) is 0 Å². The topological polar surface area (TPSA) is 38.3 Å². The monoisotopic (exact) mass is 227 g/mol. The molecule has 0 saturated heterocycles. The van der Waals surface area contributed by atoms with Crippen LogP contribution in [0.4, 0.5) is 0 Å². The van der Waals surface area contributed by atoms with Crippen LogP contribution in [0.5, 0.6) is 0 Å². The van der Waals surface area contributed by atoms with Gasteiger partial charge in [-0.05, 0) is 25.7 Å². The summed E-state index contributed by atoms with van der Waals surface area (Å²) in [4.78, 5) is 11.6. The Balaban J connectivity index is 2.14. The van der Waals surface area contributed by atoms with E-state index in [4.69, 9.17) is 4.74 Å². The van der Waals surface area contributed by atoms with Gasteiger partial charge in [0.1, 0.15) is 6.61 Å². The third kappa shape index (κ3) is 4.97. The maximum absolute atomic E-state index is 11.6. The molecule has 3 heteroatoms. The van der Waals surface area contributed by atoms with E-state index in [0.717, 1.165) is 25.7 Å². The second-order valence-corrected chi connectivity index (χ2v) is 4.65. The Morgan fingerprint density at radius 2 is 1.88 bits per heavy atom. The SMILES string of the molecule is CCC(CC)OCC(=O)NC1CCCCC1. The van der Waals surface area contributed by atoms with Crippen LogP contribution in [0.1, 0.15) is 58.8 Å². The fraction of sp³-hybridized carbons (Fsp3) is 0.923. The Kier molecular flexibility index (Phi) is 6.46. The molecule has 0 radical (unpaired) electrons. The summed E-state index contributed by atoms with van der Waals surface area (Å²) < 4.78 is 5.53. The van der Waals surface area contributed by atoms with E-state index in [-0.39, 0.29) is 18.6 Å². The molecule has 1 N–H and O–H groups in total. The number of hydrogen-bond acceptors (Lipinski definition) is 2. The molecular formula is C13H25NO2. The number of nitrogens with one attached hydrogen (secondary N) is 1. The molecule has 0 aromatic heterocycles. The molecule has 0 aromatic rings. The normalized spacial score (nSPS) is 17.7. The molecule has 94 valence electrons. The molecule has 1 saturated carbocycles. The predicted molar refractivity (Wildman–Crippen MR) is 65.3 cm³/mol. The van der Waals surface area contributed by atoms with Crippen LogP contribution in [-0.4, -0.2) is 24.7 Å². The molecular weight excluding hydrogens is 202 g/mol. The van der Waals surface area contributed by atoms with Gasteiger partial charge in [-0.25, -0.2) is 0 Å². The van der Waals surface area contributed by atoms with Crippen LogP contribution in [0.3, 0.4) is 0 Å². The summed E-state index contributed by atoms with van der Waals surface area (Å²) in [6.45, 7) is 4.41. The van der Waals surface area contributed by atoms with Gasteiger partial charge in [-0.3, -0.25) is 4.79 Å². The highest BCUT2D eigenvalue weighted by Crippen LogP contribution is 2.17. The number of carbonyl (C=O) groups excluding carboxylic acids is 1. The van der Waals surface area contributed by atoms with Crippen LogP contribution in [-0.2, 0) is 9.53 Å². The standard InChI is InChI=1S/C13H25NO2/c1-3-12(4-2)16-10-13(15)14-11-8-6-5-7-9-11/h11-12H,3-10H2,1-2H3,(H,14,15). The second kappa shape index (κ2) is 7.66. The third-order valence-electron chi connectivity index (χ3n) is 3.33. The summed E-state index contributed by atoms with van der Waals surface area (Å²) in [5.74, 6) is 0.0544. The Morgan fingerprint density at radius 3 is 2.44 bits per heavy atom. The summed E-state index contributed by atoms with van der Waals surface area (Å²) in [7, 11) is 0. The van der Waals surface area contributed by atoms with Crippen LogP contribution in [0.15, 0.2) is 0 Å². The number of carbonyl (C=O) groups is 1. The minimum atomic E-state index is 0.0544. The first-order valence-electron chi connectivity index (χ1n) is 6.67. The highest BCUT2D eigenvalue weighted by atomic mass is 16.5. The molecule has 0 aromatic carbocycles.